The van der Waals surface area contributed by atoms with E-state index in [-0.39, 0.29) is 16.9 Å². The fourth-order valence-electron chi connectivity index (χ4n) is 2.49. The van der Waals surface area contributed by atoms with Crippen molar-refractivity contribution in [2.24, 2.45) is 7.05 Å². The number of aromatic nitrogens is 1. The van der Waals surface area contributed by atoms with Crippen molar-refractivity contribution in [3.8, 4) is 0 Å². The summed E-state index contributed by atoms with van der Waals surface area (Å²) < 4.78 is 15.5. The molecule has 0 aliphatic rings. The summed E-state index contributed by atoms with van der Waals surface area (Å²) in [5.74, 6) is -1.32. The number of aliphatic hydroxyl groups excluding tert-OH is 2. The Bertz CT molecular complexity index is 974. The first kappa shape index (κ1) is 22.8. The molecule has 0 saturated heterocycles. The lowest BCUT2D eigenvalue weighted by Gasteiger charge is -2.16. The number of carbonyl (C=O) groups excluding carboxylic acids is 2. The molecule has 3 amide bonds. The van der Waals surface area contributed by atoms with Crippen LogP contribution in [0.1, 0.15) is 22.8 Å². The molecule has 1 aromatic carbocycles. The molecule has 30 heavy (non-hydrogen) atoms. The second-order valence-electron chi connectivity index (χ2n) is 6.46. The number of urea groups is 1. The van der Waals surface area contributed by atoms with E-state index in [1.54, 1.807) is 6.07 Å². The number of rotatable bonds is 7. The molecule has 2 rings (SSSR count). The van der Waals surface area contributed by atoms with Gasteiger partial charge < -0.3 is 25.4 Å². The van der Waals surface area contributed by atoms with Crippen molar-refractivity contribution in [3.63, 3.8) is 0 Å². The Balaban J connectivity index is 2.21. The molecule has 1 aromatic heterocycles. The van der Waals surface area contributed by atoms with E-state index in [1.165, 1.54) is 25.4 Å². The number of benzene rings is 1. The van der Waals surface area contributed by atoms with Gasteiger partial charge in [0.2, 0.25) is 0 Å². The van der Waals surface area contributed by atoms with Gasteiger partial charge in [0.05, 0.1) is 36.2 Å². The van der Waals surface area contributed by atoms with Crippen molar-refractivity contribution in [3.05, 3.63) is 57.8 Å². The van der Waals surface area contributed by atoms with Crippen molar-refractivity contribution in [2.45, 2.75) is 19.4 Å². The summed E-state index contributed by atoms with van der Waals surface area (Å²) in [5, 5.41) is 22.9. The molecule has 0 aliphatic heterocycles. The highest BCUT2D eigenvalue weighted by molar-refractivity contribution is 6.00. The standard InChI is InChI=1S/C19H24FN5O5/c1-3-11-4-5-15(14(20)6-11)22-16-7-17(28)25(2)8-13(16)18(29)23-24-19(30)21-12(9-26)10-27/h4-8,12,22,26-27H,3,9-10H2,1-2H3,(H,23,29)(H2,21,24,30). The third-order valence-corrected chi connectivity index (χ3v) is 4.25. The van der Waals surface area contributed by atoms with Gasteiger partial charge in [-0.2, -0.15) is 0 Å². The number of anilines is 2. The van der Waals surface area contributed by atoms with Gasteiger partial charge in [-0.1, -0.05) is 13.0 Å². The summed E-state index contributed by atoms with van der Waals surface area (Å²) in [6.07, 6.45) is 1.89. The molecule has 0 bridgehead atoms. The highest BCUT2D eigenvalue weighted by Gasteiger charge is 2.17. The number of hydrogen-bond acceptors (Lipinski definition) is 6. The number of amides is 3. The van der Waals surface area contributed by atoms with E-state index in [9.17, 15) is 18.8 Å². The third-order valence-electron chi connectivity index (χ3n) is 4.25. The molecule has 1 heterocycles. The van der Waals surface area contributed by atoms with Crippen LogP contribution in [0.3, 0.4) is 0 Å². The quantitative estimate of drug-likeness (QED) is 0.351. The maximum atomic E-state index is 14.3. The van der Waals surface area contributed by atoms with Crippen molar-refractivity contribution >= 4 is 23.3 Å². The lowest BCUT2D eigenvalue weighted by atomic mass is 10.1. The zero-order valence-corrected chi connectivity index (χ0v) is 16.5. The van der Waals surface area contributed by atoms with E-state index in [4.69, 9.17) is 10.2 Å². The molecule has 162 valence electrons. The van der Waals surface area contributed by atoms with Crippen molar-refractivity contribution in [1.82, 2.24) is 20.7 Å². The van der Waals surface area contributed by atoms with Gasteiger partial charge in [0.1, 0.15) is 5.82 Å². The Morgan fingerprint density at radius 1 is 1.13 bits per heavy atom. The number of nitrogens with zero attached hydrogens (tertiary/aromatic N) is 1. The number of pyridine rings is 1. The highest BCUT2D eigenvalue weighted by atomic mass is 19.1. The average molecular weight is 421 g/mol. The third kappa shape index (κ3) is 5.78. The fraction of sp³-hybridized carbons (Fsp3) is 0.316. The van der Waals surface area contributed by atoms with Crippen LogP contribution in [0, 0.1) is 5.82 Å². The number of hydrogen-bond donors (Lipinski definition) is 6. The van der Waals surface area contributed by atoms with Crippen molar-refractivity contribution in [1.29, 1.82) is 0 Å². The molecule has 0 aliphatic carbocycles. The molecular weight excluding hydrogens is 397 g/mol. The van der Waals surface area contributed by atoms with Gasteiger partial charge in [-0.05, 0) is 24.1 Å². The molecule has 0 unspecified atom stereocenters. The van der Waals surface area contributed by atoms with Crippen LogP contribution in [0.2, 0.25) is 0 Å². The molecule has 0 fully saturated rings. The Labute approximate surface area is 171 Å². The van der Waals surface area contributed by atoms with Crippen LogP contribution in [0.25, 0.3) is 0 Å². The van der Waals surface area contributed by atoms with Gasteiger partial charge >= 0.3 is 6.03 Å². The zero-order valence-electron chi connectivity index (χ0n) is 16.5. The van der Waals surface area contributed by atoms with E-state index in [0.717, 1.165) is 16.2 Å². The number of halogens is 1. The number of nitrogens with one attached hydrogen (secondary N) is 4. The lowest BCUT2D eigenvalue weighted by Crippen LogP contribution is -2.51. The van der Waals surface area contributed by atoms with Gasteiger partial charge in [-0.25, -0.2) is 14.6 Å². The summed E-state index contributed by atoms with van der Waals surface area (Å²) in [4.78, 5) is 36.3. The molecule has 0 radical (unpaired) electrons. The smallest absolute Gasteiger partial charge is 0.333 e. The van der Waals surface area contributed by atoms with Gasteiger partial charge in [0, 0.05) is 19.3 Å². The number of carbonyl (C=O) groups is 2. The summed E-state index contributed by atoms with van der Waals surface area (Å²) in [6.45, 7) is 0.905. The van der Waals surface area contributed by atoms with Crippen LogP contribution in [0.15, 0.2) is 35.3 Å². The molecule has 0 saturated carbocycles. The van der Waals surface area contributed by atoms with Crippen molar-refractivity contribution < 1.29 is 24.2 Å². The Hall–Kier alpha value is -3.44. The van der Waals surface area contributed by atoms with Gasteiger partial charge in [-0.3, -0.25) is 15.0 Å². The van der Waals surface area contributed by atoms with Gasteiger partial charge in [0.25, 0.3) is 11.5 Å². The zero-order chi connectivity index (χ0) is 22.3. The SMILES string of the molecule is CCc1ccc(Nc2cc(=O)n(C)cc2C(=O)NNC(=O)NC(CO)CO)c(F)c1. The monoisotopic (exact) mass is 421 g/mol. The first-order valence-electron chi connectivity index (χ1n) is 9.13. The lowest BCUT2D eigenvalue weighted by molar-refractivity contribution is 0.0934. The Kier molecular flexibility index (Phi) is 7.90. The summed E-state index contributed by atoms with van der Waals surface area (Å²) in [7, 11) is 1.44. The van der Waals surface area contributed by atoms with Crippen LogP contribution in [0.5, 0.6) is 0 Å². The number of aryl methyl sites for hydroxylation is 2. The average Bonchev–Trinajstić information content (AvgIpc) is 2.73. The molecule has 0 spiro atoms. The molecule has 2 aromatic rings. The van der Waals surface area contributed by atoms with Crippen LogP contribution in [-0.2, 0) is 13.5 Å². The minimum atomic E-state index is -0.897. The summed E-state index contributed by atoms with van der Waals surface area (Å²) >= 11 is 0. The topological polar surface area (TPSA) is 145 Å². The second-order valence-corrected chi connectivity index (χ2v) is 6.46. The summed E-state index contributed by atoms with van der Waals surface area (Å²) in [6, 6.07) is 3.95. The van der Waals surface area contributed by atoms with E-state index in [0.29, 0.717) is 6.42 Å². The number of hydrazine groups is 1. The predicted octanol–water partition coefficient (Wildman–Crippen LogP) is 0.128. The highest BCUT2D eigenvalue weighted by Crippen LogP contribution is 2.23. The normalized spacial score (nSPS) is 10.6. The van der Waals surface area contributed by atoms with Gasteiger partial charge in [-0.15, -0.1) is 0 Å². The molecule has 10 nitrogen and oxygen atoms in total. The van der Waals surface area contributed by atoms with Crippen LogP contribution in [-0.4, -0.2) is 46.0 Å². The summed E-state index contributed by atoms with van der Waals surface area (Å²) in [5.41, 5.74) is 4.67. The number of aliphatic hydroxyl groups is 2. The van der Waals surface area contributed by atoms with E-state index in [1.807, 2.05) is 6.92 Å². The fourth-order valence-corrected chi connectivity index (χ4v) is 2.49. The largest absolute Gasteiger partial charge is 0.394 e. The maximum Gasteiger partial charge on any atom is 0.333 e. The molecule has 11 heteroatoms. The first-order chi connectivity index (χ1) is 14.3. The maximum absolute atomic E-state index is 14.3. The minimum absolute atomic E-state index is 0.0303. The van der Waals surface area contributed by atoms with E-state index >= 15 is 0 Å². The van der Waals surface area contributed by atoms with Crippen LogP contribution >= 0.6 is 0 Å². The Morgan fingerprint density at radius 2 is 1.83 bits per heavy atom. The Morgan fingerprint density at radius 3 is 2.43 bits per heavy atom. The predicted molar refractivity (Wildman–Crippen MR) is 108 cm³/mol. The van der Waals surface area contributed by atoms with Crippen molar-refractivity contribution in [2.75, 3.05) is 18.5 Å². The van der Waals surface area contributed by atoms with E-state index in [2.05, 4.69) is 21.5 Å². The van der Waals surface area contributed by atoms with Crippen LogP contribution < -0.4 is 27.0 Å². The molecule has 6 N–H and O–H groups in total. The second kappa shape index (κ2) is 10.4. The molecule has 0 atom stereocenters. The minimum Gasteiger partial charge on any atom is -0.394 e. The van der Waals surface area contributed by atoms with Gasteiger partial charge in [0.15, 0.2) is 0 Å². The van der Waals surface area contributed by atoms with Crippen LogP contribution in [0.4, 0.5) is 20.6 Å². The first-order valence-corrected chi connectivity index (χ1v) is 9.13. The molecular formula is C19H24FN5O5. The van der Waals surface area contributed by atoms with E-state index < -0.39 is 42.6 Å².